The fourth-order valence-corrected chi connectivity index (χ4v) is 6.00. The summed E-state index contributed by atoms with van der Waals surface area (Å²) in [7, 11) is 1.36. The maximum atomic E-state index is 13.0. The molecular formula is C20H21N3O3S2. The Hall–Kier alpha value is -2.45. The third kappa shape index (κ3) is 3.16. The zero-order valence-electron chi connectivity index (χ0n) is 15.9. The van der Waals surface area contributed by atoms with Crippen LogP contribution in [0.2, 0.25) is 0 Å². The van der Waals surface area contributed by atoms with Crippen molar-refractivity contribution in [3.8, 4) is 0 Å². The summed E-state index contributed by atoms with van der Waals surface area (Å²) in [6.45, 7) is 4.10. The number of carbonyl (C=O) groups is 2. The Balaban J connectivity index is 1.72. The number of methoxy groups -OCH3 is 1. The highest BCUT2D eigenvalue weighted by molar-refractivity contribution is 7.21. The van der Waals surface area contributed by atoms with Crippen molar-refractivity contribution >= 4 is 55.5 Å². The van der Waals surface area contributed by atoms with Crippen LogP contribution in [0.25, 0.3) is 10.2 Å². The van der Waals surface area contributed by atoms with Crippen LogP contribution in [0.5, 0.6) is 0 Å². The van der Waals surface area contributed by atoms with Gasteiger partial charge in [0.05, 0.1) is 18.4 Å². The number of hydrogen-bond acceptors (Lipinski definition) is 7. The first-order valence-electron chi connectivity index (χ1n) is 9.08. The van der Waals surface area contributed by atoms with Gasteiger partial charge >= 0.3 is 5.97 Å². The van der Waals surface area contributed by atoms with E-state index in [4.69, 9.17) is 10.5 Å². The van der Waals surface area contributed by atoms with E-state index in [2.05, 4.69) is 17.2 Å². The highest BCUT2D eigenvalue weighted by Gasteiger charge is 2.29. The Morgan fingerprint density at radius 1 is 1.32 bits per heavy atom. The summed E-state index contributed by atoms with van der Waals surface area (Å²) < 4.78 is 4.98. The fraction of sp³-hybridized carbons (Fsp3) is 0.350. The van der Waals surface area contributed by atoms with E-state index in [1.54, 1.807) is 0 Å². The largest absolute Gasteiger partial charge is 0.465 e. The monoisotopic (exact) mass is 415 g/mol. The third-order valence-corrected chi connectivity index (χ3v) is 7.35. The van der Waals surface area contributed by atoms with Gasteiger partial charge in [0.1, 0.15) is 14.7 Å². The van der Waals surface area contributed by atoms with Gasteiger partial charge in [0.2, 0.25) is 0 Å². The van der Waals surface area contributed by atoms with Crippen LogP contribution in [0.1, 0.15) is 49.5 Å². The molecule has 3 aromatic heterocycles. The Labute approximate surface area is 170 Å². The van der Waals surface area contributed by atoms with Crippen molar-refractivity contribution in [3.05, 3.63) is 38.7 Å². The van der Waals surface area contributed by atoms with E-state index in [9.17, 15) is 9.59 Å². The van der Waals surface area contributed by atoms with Crippen molar-refractivity contribution in [2.45, 2.75) is 33.1 Å². The molecule has 0 bridgehead atoms. The van der Waals surface area contributed by atoms with Crippen molar-refractivity contribution < 1.29 is 14.3 Å². The van der Waals surface area contributed by atoms with Crippen molar-refractivity contribution in [1.82, 2.24) is 4.98 Å². The lowest BCUT2D eigenvalue weighted by Crippen LogP contribution is -2.16. The number of nitrogen functional groups attached to an aromatic ring is 1. The first kappa shape index (κ1) is 18.9. The summed E-state index contributed by atoms with van der Waals surface area (Å²) in [5, 5.41) is 4.22. The molecule has 3 aromatic rings. The molecule has 0 saturated carbocycles. The lowest BCUT2D eigenvalue weighted by Gasteiger charge is -2.18. The second-order valence-electron chi connectivity index (χ2n) is 7.15. The minimum Gasteiger partial charge on any atom is -0.465 e. The number of thiophene rings is 2. The van der Waals surface area contributed by atoms with Gasteiger partial charge in [-0.25, -0.2) is 9.78 Å². The first-order chi connectivity index (χ1) is 13.4. The summed E-state index contributed by atoms with van der Waals surface area (Å²) >= 11 is 2.72. The Kier molecular flexibility index (Phi) is 4.84. The molecule has 28 heavy (non-hydrogen) atoms. The predicted molar refractivity (Wildman–Crippen MR) is 114 cm³/mol. The molecule has 8 heteroatoms. The van der Waals surface area contributed by atoms with E-state index >= 15 is 0 Å². The van der Waals surface area contributed by atoms with E-state index in [0.717, 1.165) is 45.6 Å². The molecule has 0 aromatic carbocycles. The number of nitrogens with two attached hydrogens (primary N) is 1. The number of nitrogens with zero attached hydrogens (tertiary/aromatic N) is 1. The molecule has 3 N–H and O–H groups in total. The molecule has 0 spiro atoms. The summed E-state index contributed by atoms with van der Waals surface area (Å²) in [4.78, 5) is 32.1. The van der Waals surface area contributed by atoms with Crippen LogP contribution in [0.15, 0.2) is 12.1 Å². The number of rotatable bonds is 3. The number of anilines is 2. The number of amides is 1. The number of nitrogens with one attached hydrogen (secondary N) is 1. The zero-order valence-corrected chi connectivity index (χ0v) is 17.6. The van der Waals surface area contributed by atoms with E-state index in [0.29, 0.717) is 27.0 Å². The molecule has 4 rings (SSSR count). The molecule has 0 radical (unpaired) electrons. The highest BCUT2D eigenvalue weighted by atomic mass is 32.1. The summed E-state index contributed by atoms with van der Waals surface area (Å²) in [5.74, 6) is -0.174. The SMILES string of the molecule is COC(=O)c1c(NC(=O)c2sc3nc(C)ccc3c2N)sc2c1CCC(C)C2. The van der Waals surface area contributed by atoms with Crippen molar-refractivity contribution in [1.29, 1.82) is 0 Å². The van der Waals surface area contributed by atoms with Crippen LogP contribution in [0.4, 0.5) is 10.7 Å². The Bertz CT molecular complexity index is 1100. The molecule has 1 unspecified atom stereocenters. The maximum absolute atomic E-state index is 13.0. The van der Waals surface area contributed by atoms with E-state index in [1.807, 2.05) is 19.1 Å². The molecule has 1 amide bonds. The van der Waals surface area contributed by atoms with Crippen molar-refractivity contribution in [2.75, 3.05) is 18.2 Å². The minimum atomic E-state index is -0.413. The van der Waals surface area contributed by atoms with Gasteiger partial charge in [0.15, 0.2) is 0 Å². The molecule has 1 atom stereocenters. The number of esters is 1. The number of ether oxygens (including phenoxy) is 1. The molecule has 1 aliphatic carbocycles. The average molecular weight is 416 g/mol. The number of aryl methyl sites for hydroxylation is 1. The average Bonchev–Trinajstić information content (AvgIpc) is 3.17. The van der Waals surface area contributed by atoms with Gasteiger partial charge in [0.25, 0.3) is 5.91 Å². The quantitative estimate of drug-likeness (QED) is 0.618. The Morgan fingerprint density at radius 2 is 2.11 bits per heavy atom. The summed E-state index contributed by atoms with van der Waals surface area (Å²) in [6, 6.07) is 3.75. The molecule has 1 aliphatic rings. The highest BCUT2D eigenvalue weighted by Crippen LogP contribution is 2.41. The summed E-state index contributed by atoms with van der Waals surface area (Å²) in [6.07, 6.45) is 2.75. The fourth-order valence-electron chi connectivity index (χ4n) is 3.58. The second kappa shape index (κ2) is 7.18. The third-order valence-electron chi connectivity index (χ3n) is 5.07. The van der Waals surface area contributed by atoms with Gasteiger partial charge in [-0.2, -0.15) is 0 Å². The Morgan fingerprint density at radius 3 is 2.86 bits per heavy atom. The van der Waals surface area contributed by atoms with Gasteiger partial charge in [0, 0.05) is 16.0 Å². The van der Waals surface area contributed by atoms with Crippen LogP contribution < -0.4 is 11.1 Å². The topological polar surface area (TPSA) is 94.3 Å². The molecule has 6 nitrogen and oxygen atoms in total. The number of hydrogen-bond donors (Lipinski definition) is 2. The molecule has 0 aliphatic heterocycles. The summed E-state index contributed by atoms with van der Waals surface area (Å²) in [5.41, 5.74) is 8.98. The molecule has 146 valence electrons. The van der Waals surface area contributed by atoms with Gasteiger partial charge in [-0.15, -0.1) is 22.7 Å². The van der Waals surface area contributed by atoms with Crippen molar-refractivity contribution in [2.24, 2.45) is 5.92 Å². The van der Waals surface area contributed by atoms with Crippen LogP contribution in [0.3, 0.4) is 0 Å². The minimum absolute atomic E-state index is 0.324. The number of aromatic nitrogens is 1. The number of fused-ring (bicyclic) bond motifs is 2. The van der Waals surface area contributed by atoms with Crippen LogP contribution in [-0.2, 0) is 17.6 Å². The number of pyridine rings is 1. The van der Waals surface area contributed by atoms with Gasteiger partial charge in [-0.1, -0.05) is 6.92 Å². The molecule has 3 heterocycles. The standard InChI is InChI=1S/C20H21N3O3S2/c1-9-4-6-11-13(8-9)27-19(14(11)20(25)26-3)23-17(24)16-15(21)12-7-5-10(2)22-18(12)28-16/h5,7,9H,4,6,8,21H2,1-3H3,(H,23,24). The maximum Gasteiger partial charge on any atom is 0.341 e. The van der Waals surface area contributed by atoms with Crippen LogP contribution in [0, 0.1) is 12.8 Å². The number of carbonyl (C=O) groups excluding carboxylic acids is 2. The normalized spacial score (nSPS) is 16.0. The van der Waals surface area contributed by atoms with Crippen LogP contribution in [-0.4, -0.2) is 24.0 Å². The van der Waals surface area contributed by atoms with Gasteiger partial charge < -0.3 is 15.8 Å². The van der Waals surface area contributed by atoms with E-state index < -0.39 is 5.97 Å². The zero-order chi connectivity index (χ0) is 20.0. The lowest BCUT2D eigenvalue weighted by atomic mass is 9.88. The van der Waals surface area contributed by atoms with Crippen LogP contribution >= 0.6 is 22.7 Å². The smallest absolute Gasteiger partial charge is 0.341 e. The van der Waals surface area contributed by atoms with E-state index in [-0.39, 0.29) is 5.91 Å². The molecule has 0 fully saturated rings. The van der Waals surface area contributed by atoms with E-state index in [1.165, 1.54) is 29.8 Å². The molecular weight excluding hydrogens is 394 g/mol. The van der Waals surface area contributed by atoms with Crippen molar-refractivity contribution in [3.63, 3.8) is 0 Å². The molecule has 0 saturated heterocycles. The lowest BCUT2D eigenvalue weighted by molar-refractivity contribution is 0.0601. The van der Waals surface area contributed by atoms with Gasteiger partial charge in [-0.05, 0) is 49.8 Å². The second-order valence-corrected chi connectivity index (χ2v) is 9.26. The predicted octanol–water partition coefficient (Wildman–Crippen LogP) is 4.41. The van der Waals surface area contributed by atoms with Gasteiger partial charge in [-0.3, -0.25) is 4.79 Å². The first-order valence-corrected chi connectivity index (χ1v) is 10.7.